The molecule has 3 heterocycles. The van der Waals surface area contributed by atoms with Gasteiger partial charge in [0.05, 0.1) is 11.7 Å². The first-order valence-electron chi connectivity index (χ1n) is 6.99. The monoisotopic (exact) mass is 288 g/mol. The van der Waals surface area contributed by atoms with E-state index in [1.54, 1.807) is 5.51 Å². The highest BCUT2D eigenvalue weighted by Crippen LogP contribution is 2.43. The lowest BCUT2D eigenvalue weighted by molar-refractivity contribution is 0.0776. The fourth-order valence-corrected chi connectivity index (χ4v) is 4.16. The molecule has 5 nitrogen and oxygen atoms in total. The largest absolute Gasteiger partial charge is 0.336 e. The van der Waals surface area contributed by atoms with Crippen molar-refractivity contribution in [2.24, 2.45) is 0 Å². The van der Waals surface area contributed by atoms with Crippen LogP contribution in [0.4, 0.5) is 0 Å². The van der Waals surface area contributed by atoms with Crippen LogP contribution < -0.4 is 0 Å². The summed E-state index contributed by atoms with van der Waals surface area (Å²) in [5.74, 6) is 0.0646. The van der Waals surface area contributed by atoms with E-state index in [1.165, 1.54) is 29.0 Å². The second-order valence-electron chi connectivity index (χ2n) is 5.75. The number of nitrogens with zero attached hydrogens (tertiary/aromatic N) is 3. The van der Waals surface area contributed by atoms with E-state index in [4.69, 9.17) is 0 Å². The van der Waals surface area contributed by atoms with Crippen LogP contribution in [0.15, 0.2) is 17.1 Å². The molecule has 1 fully saturated rings. The Hall–Kier alpha value is -1.69. The highest BCUT2D eigenvalue weighted by molar-refractivity contribution is 7.07. The zero-order valence-electron chi connectivity index (χ0n) is 11.1. The van der Waals surface area contributed by atoms with Gasteiger partial charge in [0.1, 0.15) is 5.69 Å². The number of thiazole rings is 1. The summed E-state index contributed by atoms with van der Waals surface area (Å²) in [6.45, 7) is 1.60. The highest BCUT2D eigenvalue weighted by atomic mass is 32.1. The summed E-state index contributed by atoms with van der Waals surface area (Å²) in [6, 6.07) is 0. The SMILES string of the molecule is O=C(c1cscn1)N1CCC2(CCCc3cn[nH]c32)C1. The van der Waals surface area contributed by atoms with Crippen LogP contribution in [0.2, 0.25) is 0 Å². The molecule has 1 N–H and O–H groups in total. The number of aryl methyl sites for hydroxylation is 1. The number of nitrogens with one attached hydrogen (secondary N) is 1. The molecular formula is C14H16N4OS. The van der Waals surface area contributed by atoms with Gasteiger partial charge in [0, 0.05) is 29.6 Å². The van der Waals surface area contributed by atoms with Crippen LogP contribution in [0.25, 0.3) is 0 Å². The number of carbonyl (C=O) groups is 1. The van der Waals surface area contributed by atoms with Crippen molar-refractivity contribution >= 4 is 17.2 Å². The third kappa shape index (κ3) is 1.71. The van der Waals surface area contributed by atoms with Gasteiger partial charge in [0.25, 0.3) is 5.91 Å². The molecule has 4 rings (SSSR count). The number of aromatic nitrogens is 3. The summed E-state index contributed by atoms with van der Waals surface area (Å²) in [5, 5.41) is 9.22. The Bertz CT molecular complexity index is 635. The molecule has 1 amide bonds. The number of rotatable bonds is 1. The van der Waals surface area contributed by atoms with Crippen LogP contribution in [0.1, 0.15) is 41.0 Å². The molecule has 2 aliphatic rings. The van der Waals surface area contributed by atoms with Crippen molar-refractivity contribution in [3.05, 3.63) is 34.0 Å². The Kier molecular flexibility index (Phi) is 2.66. The topological polar surface area (TPSA) is 61.9 Å². The Morgan fingerprint density at radius 1 is 1.45 bits per heavy atom. The lowest BCUT2D eigenvalue weighted by Gasteiger charge is -2.32. The van der Waals surface area contributed by atoms with Gasteiger partial charge in [-0.25, -0.2) is 4.98 Å². The molecule has 2 aromatic heterocycles. The number of hydrogen-bond donors (Lipinski definition) is 1. The van der Waals surface area contributed by atoms with Gasteiger partial charge in [0.15, 0.2) is 0 Å². The van der Waals surface area contributed by atoms with Crippen molar-refractivity contribution in [2.75, 3.05) is 13.1 Å². The predicted octanol–water partition coefficient (Wildman–Crippen LogP) is 1.99. The van der Waals surface area contributed by atoms with E-state index < -0.39 is 0 Å². The first kappa shape index (κ1) is 12.1. The molecule has 20 heavy (non-hydrogen) atoms. The summed E-state index contributed by atoms with van der Waals surface area (Å²) in [4.78, 5) is 18.5. The van der Waals surface area contributed by atoms with Crippen LogP contribution >= 0.6 is 11.3 Å². The van der Waals surface area contributed by atoms with Crippen LogP contribution in [-0.4, -0.2) is 39.1 Å². The van der Waals surface area contributed by atoms with Crippen molar-refractivity contribution in [1.29, 1.82) is 0 Å². The number of hydrogen-bond acceptors (Lipinski definition) is 4. The normalized spacial score (nSPS) is 25.1. The van der Waals surface area contributed by atoms with Crippen LogP contribution in [-0.2, 0) is 11.8 Å². The molecule has 0 aromatic carbocycles. The van der Waals surface area contributed by atoms with E-state index in [2.05, 4.69) is 15.2 Å². The Labute approximate surface area is 121 Å². The smallest absolute Gasteiger partial charge is 0.273 e. The summed E-state index contributed by atoms with van der Waals surface area (Å²) in [6.07, 6.45) is 6.40. The molecule has 1 atom stereocenters. The maximum absolute atomic E-state index is 12.4. The average Bonchev–Trinajstić information content (AvgIpc) is 3.19. The third-order valence-corrected chi connectivity index (χ3v) is 5.23. The fourth-order valence-electron chi connectivity index (χ4n) is 3.64. The minimum atomic E-state index is 0.0646. The minimum absolute atomic E-state index is 0.0646. The number of H-pyrrole nitrogens is 1. The average molecular weight is 288 g/mol. The minimum Gasteiger partial charge on any atom is -0.336 e. The maximum atomic E-state index is 12.4. The summed E-state index contributed by atoms with van der Waals surface area (Å²) < 4.78 is 0. The number of aromatic amines is 1. The van der Waals surface area contributed by atoms with Gasteiger partial charge in [0.2, 0.25) is 0 Å². The second-order valence-corrected chi connectivity index (χ2v) is 6.47. The van der Waals surface area contributed by atoms with E-state index in [9.17, 15) is 4.79 Å². The Balaban J connectivity index is 1.61. The molecule has 0 radical (unpaired) electrons. The third-order valence-electron chi connectivity index (χ3n) is 4.64. The summed E-state index contributed by atoms with van der Waals surface area (Å²) in [5.41, 5.74) is 4.98. The van der Waals surface area contributed by atoms with Crippen LogP contribution in [0, 0.1) is 0 Å². The van der Waals surface area contributed by atoms with Crippen LogP contribution in [0.3, 0.4) is 0 Å². The molecule has 104 valence electrons. The Morgan fingerprint density at radius 2 is 2.40 bits per heavy atom. The summed E-state index contributed by atoms with van der Waals surface area (Å²) >= 11 is 1.47. The quantitative estimate of drug-likeness (QED) is 0.873. The highest BCUT2D eigenvalue weighted by Gasteiger charge is 2.45. The first-order valence-corrected chi connectivity index (χ1v) is 7.93. The molecule has 0 bridgehead atoms. The predicted molar refractivity (Wildman–Crippen MR) is 75.8 cm³/mol. The molecule has 1 saturated heterocycles. The van der Waals surface area contributed by atoms with E-state index >= 15 is 0 Å². The van der Waals surface area contributed by atoms with E-state index in [0.717, 1.165) is 32.4 Å². The first-order chi connectivity index (χ1) is 9.78. The van der Waals surface area contributed by atoms with E-state index in [-0.39, 0.29) is 11.3 Å². The molecule has 6 heteroatoms. The van der Waals surface area contributed by atoms with Crippen molar-refractivity contribution in [2.45, 2.75) is 31.1 Å². The number of fused-ring (bicyclic) bond motifs is 2. The van der Waals surface area contributed by atoms with Gasteiger partial charge in [-0.2, -0.15) is 5.10 Å². The van der Waals surface area contributed by atoms with E-state index in [1.807, 2.05) is 16.5 Å². The molecule has 0 saturated carbocycles. The van der Waals surface area contributed by atoms with Gasteiger partial charge in [-0.05, 0) is 31.2 Å². The number of carbonyl (C=O) groups excluding carboxylic acids is 1. The van der Waals surface area contributed by atoms with Crippen molar-refractivity contribution < 1.29 is 4.79 Å². The summed E-state index contributed by atoms with van der Waals surface area (Å²) in [7, 11) is 0. The van der Waals surface area contributed by atoms with Gasteiger partial charge >= 0.3 is 0 Å². The number of amides is 1. The van der Waals surface area contributed by atoms with E-state index in [0.29, 0.717) is 5.69 Å². The molecular weight excluding hydrogens is 272 g/mol. The lowest BCUT2D eigenvalue weighted by atomic mass is 9.73. The van der Waals surface area contributed by atoms with Gasteiger partial charge in [-0.3, -0.25) is 9.89 Å². The fraction of sp³-hybridized carbons (Fsp3) is 0.500. The zero-order chi connectivity index (χ0) is 13.6. The van der Waals surface area contributed by atoms with Gasteiger partial charge in [-0.1, -0.05) is 0 Å². The maximum Gasteiger partial charge on any atom is 0.273 e. The molecule has 1 aliphatic heterocycles. The molecule has 1 unspecified atom stereocenters. The van der Waals surface area contributed by atoms with Crippen molar-refractivity contribution in [3.63, 3.8) is 0 Å². The molecule has 2 aromatic rings. The lowest BCUT2D eigenvalue weighted by Crippen LogP contribution is -2.37. The van der Waals surface area contributed by atoms with Gasteiger partial charge in [-0.15, -0.1) is 11.3 Å². The second kappa shape index (κ2) is 4.41. The molecule has 1 aliphatic carbocycles. The zero-order valence-corrected chi connectivity index (χ0v) is 11.9. The van der Waals surface area contributed by atoms with Crippen molar-refractivity contribution in [3.8, 4) is 0 Å². The van der Waals surface area contributed by atoms with Crippen LogP contribution in [0.5, 0.6) is 0 Å². The van der Waals surface area contributed by atoms with Gasteiger partial charge < -0.3 is 4.90 Å². The molecule has 1 spiro atoms. The standard InChI is InChI=1S/C14H16N4OS/c19-13(11-7-20-9-15-11)18-5-4-14(8-18)3-1-2-10-6-16-17-12(10)14/h6-7,9H,1-5,8H2,(H,16,17). The van der Waals surface area contributed by atoms with Crippen molar-refractivity contribution in [1.82, 2.24) is 20.1 Å². The number of likely N-dealkylation sites (tertiary alicyclic amines) is 1. The Morgan fingerprint density at radius 3 is 3.25 bits per heavy atom.